The summed E-state index contributed by atoms with van der Waals surface area (Å²) in [5.74, 6) is 0.240. The average molecular weight is 479 g/mol. The monoisotopic (exact) mass is 478 g/mol. The number of carbonyl (C=O) groups excluding carboxylic acids is 2. The molecular weight excluding hydrogens is 455 g/mol. The number of hydrogen-bond donors (Lipinski definition) is 2. The lowest BCUT2D eigenvalue weighted by Gasteiger charge is -2.30. The molecule has 0 aromatic heterocycles. The Bertz CT molecular complexity index is 1030. The van der Waals surface area contributed by atoms with Gasteiger partial charge in [-0.2, -0.15) is 0 Å². The molecule has 0 saturated heterocycles. The number of allylic oxidation sites excluding steroid dienone is 1. The van der Waals surface area contributed by atoms with E-state index in [1.54, 1.807) is 36.4 Å². The zero-order chi connectivity index (χ0) is 23.3. The molecule has 2 amide bonds. The van der Waals surface area contributed by atoms with Gasteiger partial charge in [-0.05, 0) is 24.6 Å². The topological polar surface area (TPSA) is 85.9 Å². The molecule has 1 heterocycles. The Morgan fingerprint density at radius 3 is 2.41 bits per heavy atom. The van der Waals surface area contributed by atoms with Gasteiger partial charge in [-0.15, -0.1) is 0 Å². The molecule has 0 radical (unpaired) electrons. The zero-order valence-corrected chi connectivity index (χ0v) is 19.5. The number of amides is 2. The van der Waals surface area contributed by atoms with E-state index in [0.717, 1.165) is 6.42 Å². The molecule has 0 aliphatic carbocycles. The molecular formula is C23H24Cl2N2O5. The van der Waals surface area contributed by atoms with E-state index in [9.17, 15) is 9.59 Å². The minimum absolute atomic E-state index is 0.0594. The van der Waals surface area contributed by atoms with Crippen LogP contribution in [0.25, 0.3) is 0 Å². The van der Waals surface area contributed by atoms with Gasteiger partial charge < -0.3 is 24.8 Å². The number of urea groups is 1. The lowest BCUT2D eigenvalue weighted by atomic mass is 9.93. The number of carbonyl (C=O) groups is 2. The second-order valence-corrected chi connectivity index (χ2v) is 7.85. The smallest absolute Gasteiger partial charge is 0.337 e. The molecule has 32 heavy (non-hydrogen) atoms. The van der Waals surface area contributed by atoms with Gasteiger partial charge >= 0.3 is 12.0 Å². The fourth-order valence-electron chi connectivity index (χ4n) is 3.54. The average Bonchev–Trinajstić information content (AvgIpc) is 2.78. The minimum Gasteiger partial charge on any atom is -0.493 e. The summed E-state index contributed by atoms with van der Waals surface area (Å²) in [6, 6.07) is 9.20. The fourth-order valence-corrected chi connectivity index (χ4v) is 4.05. The first-order valence-corrected chi connectivity index (χ1v) is 10.8. The second-order valence-electron chi connectivity index (χ2n) is 7.03. The van der Waals surface area contributed by atoms with E-state index >= 15 is 0 Å². The molecule has 0 saturated carbocycles. The van der Waals surface area contributed by atoms with Crippen LogP contribution in [0.5, 0.6) is 11.5 Å². The van der Waals surface area contributed by atoms with Crippen LogP contribution in [0.15, 0.2) is 47.7 Å². The van der Waals surface area contributed by atoms with E-state index in [0.29, 0.717) is 50.4 Å². The lowest BCUT2D eigenvalue weighted by molar-refractivity contribution is -0.136. The highest BCUT2D eigenvalue weighted by molar-refractivity contribution is 6.35. The van der Waals surface area contributed by atoms with Crippen molar-refractivity contribution in [2.45, 2.75) is 32.4 Å². The predicted octanol–water partition coefficient (Wildman–Crippen LogP) is 5.16. The predicted molar refractivity (Wildman–Crippen MR) is 122 cm³/mol. The highest BCUT2D eigenvalue weighted by Gasteiger charge is 2.35. The highest BCUT2D eigenvalue weighted by atomic mass is 35.5. The Hall–Kier alpha value is -2.90. The van der Waals surface area contributed by atoms with Gasteiger partial charge in [0.1, 0.15) is 6.61 Å². The number of esters is 1. The van der Waals surface area contributed by atoms with Crippen molar-refractivity contribution in [2.24, 2.45) is 0 Å². The van der Waals surface area contributed by atoms with Gasteiger partial charge in [-0.3, -0.25) is 0 Å². The van der Waals surface area contributed by atoms with Crippen LogP contribution in [0.2, 0.25) is 10.0 Å². The van der Waals surface area contributed by atoms with Crippen LogP contribution in [0.4, 0.5) is 4.79 Å². The number of rotatable bonds is 8. The Labute approximate surface area is 196 Å². The maximum Gasteiger partial charge on any atom is 0.337 e. The van der Waals surface area contributed by atoms with Crippen LogP contribution in [-0.2, 0) is 16.1 Å². The maximum atomic E-state index is 12.7. The first-order valence-electron chi connectivity index (χ1n) is 10.0. The molecule has 170 valence electrons. The summed E-state index contributed by atoms with van der Waals surface area (Å²) in [5.41, 5.74) is 1.97. The summed E-state index contributed by atoms with van der Waals surface area (Å²) >= 11 is 12.6. The molecule has 0 spiro atoms. The summed E-state index contributed by atoms with van der Waals surface area (Å²) in [6.07, 6.45) is 1.24. The maximum absolute atomic E-state index is 12.7. The molecule has 0 fully saturated rings. The van der Waals surface area contributed by atoms with E-state index in [1.165, 1.54) is 14.2 Å². The Morgan fingerprint density at radius 1 is 1.09 bits per heavy atom. The molecule has 1 aliphatic heterocycles. The van der Waals surface area contributed by atoms with Gasteiger partial charge in [0.15, 0.2) is 11.5 Å². The first-order chi connectivity index (χ1) is 15.4. The van der Waals surface area contributed by atoms with E-state index in [4.69, 9.17) is 37.4 Å². The van der Waals surface area contributed by atoms with E-state index in [1.807, 2.05) is 6.92 Å². The number of para-hydroxylation sites is 1. The molecule has 2 aromatic carbocycles. The van der Waals surface area contributed by atoms with Crippen molar-refractivity contribution >= 4 is 35.2 Å². The molecule has 3 rings (SSSR count). The standard InChI is InChI=1S/C23H24Cl2N2O5/c1-4-7-17-19(22(28)31-3)20(27-23(29)26-17)13-8-5-11-18(30-2)21(13)32-12-14-15(24)9-6-10-16(14)25/h5-6,8-11,20H,4,7,12H2,1-3H3,(H2,26,27,29). The molecule has 9 heteroatoms. The van der Waals surface area contributed by atoms with Gasteiger partial charge in [-0.25, -0.2) is 9.59 Å². The first kappa shape index (κ1) is 23.8. The van der Waals surface area contributed by atoms with Crippen molar-refractivity contribution in [3.63, 3.8) is 0 Å². The second kappa shape index (κ2) is 10.6. The van der Waals surface area contributed by atoms with Crippen LogP contribution < -0.4 is 20.1 Å². The molecule has 2 N–H and O–H groups in total. The Morgan fingerprint density at radius 2 is 1.78 bits per heavy atom. The van der Waals surface area contributed by atoms with Crippen LogP contribution in [-0.4, -0.2) is 26.2 Å². The normalized spacial score (nSPS) is 15.7. The number of hydrogen-bond acceptors (Lipinski definition) is 5. The van der Waals surface area contributed by atoms with Crippen molar-refractivity contribution < 1.29 is 23.8 Å². The van der Waals surface area contributed by atoms with Crippen LogP contribution >= 0.6 is 23.2 Å². The number of methoxy groups -OCH3 is 2. The van der Waals surface area contributed by atoms with Crippen LogP contribution in [0.3, 0.4) is 0 Å². The summed E-state index contributed by atoms with van der Waals surface area (Å²) in [7, 11) is 2.81. The van der Waals surface area contributed by atoms with Gasteiger partial charge in [-0.1, -0.05) is 54.7 Å². The number of nitrogens with one attached hydrogen (secondary N) is 2. The molecule has 2 aromatic rings. The van der Waals surface area contributed by atoms with Gasteiger partial charge in [0.2, 0.25) is 0 Å². The fraction of sp³-hybridized carbons (Fsp3) is 0.304. The number of ether oxygens (including phenoxy) is 3. The minimum atomic E-state index is -0.801. The van der Waals surface area contributed by atoms with Crippen molar-refractivity contribution in [1.29, 1.82) is 0 Å². The van der Waals surface area contributed by atoms with Crippen molar-refractivity contribution in [2.75, 3.05) is 14.2 Å². The highest BCUT2D eigenvalue weighted by Crippen LogP contribution is 2.40. The Kier molecular flexibility index (Phi) is 7.88. The van der Waals surface area contributed by atoms with E-state index < -0.39 is 18.0 Å². The molecule has 1 atom stereocenters. The van der Waals surface area contributed by atoms with Gasteiger partial charge in [0.05, 0.1) is 25.8 Å². The van der Waals surface area contributed by atoms with Crippen molar-refractivity contribution in [3.8, 4) is 11.5 Å². The zero-order valence-electron chi connectivity index (χ0n) is 18.0. The largest absolute Gasteiger partial charge is 0.493 e. The van der Waals surface area contributed by atoms with E-state index in [-0.39, 0.29) is 6.61 Å². The van der Waals surface area contributed by atoms with Gasteiger partial charge in [0.25, 0.3) is 0 Å². The molecule has 1 aliphatic rings. The summed E-state index contributed by atoms with van der Waals surface area (Å²) in [6.45, 7) is 2.02. The third-order valence-corrected chi connectivity index (χ3v) is 5.73. The molecule has 7 nitrogen and oxygen atoms in total. The lowest BCUT2D eigenvalue weighted by Crippen LogP contribution is -2.46. The summed E-state index contributed by atoms with van der Waals surface area (Å²) in [5, 5.41) is 6.45. The Balaban J connectivity index is 2.09. The molecule has 1 unspecified atom stereocenters. The van der Waals surface area contributed by atoms with Gasteiger partial charge in [0, 0.05) is 26.9 Å². The summed E-state index contributed by atoms with van der Waals surface area (Å²) in [4.78, 5) is 25.1. The van der Waals surface area contributed by atoms with Crippen molar-refractivity contribution in [3.05, 3.63) is 68.8 Å². The van der Waals surface area contributed by atoms with Crippen molar-refractivity contribution in [1.82, 2.24) is 10.6 Å². The van der Waals surface area contributed by atoms with Crippen LogP contribution in [0.1, 0.15) is 36.9 Å². The number of halogens is 2. The quantitative estimate of drug-likeness (QED) is 0.511. The summed E-state index contributed by atoms with van der Waals surface area (Å²) < 4.78 is 16.6. The molecule has 0 bridgehead atoms. The SMILES string of the molecule is CCCC1=C(C(=O)OC)C(c2cccc(OC)c2OCc2c(Cl)cccc2Cl)NC(=O)N1. The van der Waals surface area contributed by atoms with E-state index in [2.05, 4.69) is 10.6 Å². The third-order valence-electron chi connectivity index (χ3n) is 5.02. The number of benzene rings is 2. The van der Waals surface area contributed by atoms with Crippen LogP contribution in [0, 0.1) is 0 Å². The third kappa shape index (κ3) is 4.95.